The summed E-state index contributed by atoms with van der Waals surface area (Å²) in [5.41, 5.74) is 0.580. The van der Waals surface area contributed by atoms with Crippen molar-refractivity contribution in [3.8, 4) is 0 Å². The molecule has 1 aliphatic carbocycles. The topological polar surface area (TPSA) is 65.8 Å². The number of piperidine rings is 1. The van der Waals surface area contributed by atoms with Gasteiger partial charge in [0.25, 0.3) is 5.91 Å². The largest absolute Gasteiger partial charge is 0.472 e. The number of amides is 2. The van der Waals surface area contributed by atoms with Gasteiger partial charge in [0.05, 0.1) is 11.8 Å². The predicted octanol–water partition coefficient (Wildman–Crippen LogP) is 1.34. The molecule has 6 heteroatoms. The predicted molar refractivity (Wildman–Crippen MR) is 86.0 cm³/mol. The highest BCUT2D eigenvalue weighted by atomic mass is 16.3. The van der Waals surface area contributed by atoms with Gasteiger partial charge < -0.3 is 19.5 Å². The molecular weight excluding hydrogens is 294 g/mol. The number of carbonyl (C=O) groups is 2. The Morgan fingerprint density at radius 3 is 2.65 bits per heavy atom. The maximum absolute atomic E-state index is 12.2. The van der Waals surface area contributed by atoms with E-state index in [9.17, 15) is 9.59 Å². The molecule has 0 atom stereocenters. The second-order valence-corrected chi connectivity index (χ2v) is 6.58. The minimum absolute atomic E-state index is 0.0105. The molecule has 2 heterocycles. The van der Waals surface area contributed by atoms with Gasteiger partial charge in [-0.2, -0.15) is 0 Å². The molecule has 23 heavy (non-hydrogen) atoms. The van der Waals surface area contributed by atoms with Gasteiger partial charge in [-0.1, -0.05) is 0 Å². The molecule has 2 aliphatic rings. The molecular formula is C17H25N3O3. The number of nitrogens with zero attached hydrogens (tertiary/aromatic N) is 2. The standard InChI is InChI=1S/C17H25N3O3/c1-19(15-2-3-15)10-7-18-16(21)13-4-8-20(9-5-13)17(22)14-6-11-23-12-14/h6,11-13,15H,2-5,7-10H2,1H3,(H,18,21). The number of likely N-dealkylation sites (tertiary alicyclic amines) is 1. The number of furan rings is 1. The van der Waals surface area contributed by atoms with Crippen molar-refractivity contribution >= 4 is 11.8 Å². The van der Waals surface area contributed by atoms with Crippen LogP contribution in [-0.4, -0.2) is 60.9 Å². The quantitative estimate of drug-likeness (QED) is 0.859. The molecule has 0 unspecified atom stereocenters. The molecule has 1 aromatic heterocycles. The molecule has 1 aliphatic heterocycles. The first-order valence-corrected chi connectivity index (χ1v) is 8.44. The van der Waals surface area contributed by atoms with Gasteiger partial charge in [-0.25, -0.2) is 0 Å². The molecule has 0 spiro atoms. The van der Waals surface area contributed by atoms with E-state index in [-0.39, 0.29) is 17.7 Å². The van der Waals surface area contributed by atoms with Gasteiger partial charge in [0.1, 0.15) is 6.26 Å². The molecule has 0 bridgehead atoms. The maximum atomic E-state index is 12.2. The highest BCUT2D eigenvalue weighted by molar-refractivity contribution is 5.94. The Morgan fingerprint density at radius 2 is 2.04 bits per heavy atom. The summed E-state index contributed by atoms with van der Waals surface area (Å²) in [6.07, 6.45) is 7.01. The van der Waals surface area contributed by atoms with Crippen molar-refractivity contribution in [1.82, 2.24) is 15.1 Å². The Labute approximate surface area is 136 Å². The third-order valence-corrected chi connectivity index (χ3v) is 4.86. The van der Waals surface area contributed by atoms with Crippen molar-refractivity contribution in [1.29, 1.82) is 0 Å². The third kappa shape index (κ3) is 4.13. The summed E-state index contributed by atoms with van der Waals surface area (Å²) in [5.74, 6) is 0.142. The fourth-order valence-electron chi connectivity index (χ4n) is 3.11. The highest BCUT2D eigenvalue weighted by Gasteiger charge is 2.29. The summed E-state index contributed by atoms with van der Waals surface area (Å²) in [6, 6.07) is 2.40. The first-order valence-electron chi connectivity index (χ1n) is 8.44. The molecule has 1 saturated carbocycles. The van der Waals surface area contributed by atoms with Gasteiger partial charge in [0.15, 0.2) is 0 Å². The molecule has 0 radical (unpaired) electrons. The average molecular weight is 319 g/mol. The number of hydrogen-bond acceptors (Lipinski definition) is 4. The van der Waals surface area contributed by atoms with Crippen molar-refractivity contribution in [2.45, 2.75) is 31.7 Å². The number of carbonyl (C=O) groups excluding carboxylic acids is 2. The highest BCUT2D eigenvalue weighted by Crippen LogP contribution is 2.24. The van der Waals surface area contributed by atoms with Crippen molar-refractivity contribution in [2.75, 3.05) is 33.2 Å². The van der Waals surface area contributed by atoms with Crippen LogP contribution in [0.25, 0.3) is 0 Å². The normalized spacial score (nSPS) is 19.1. The molecule has 2 amide bonds. The van der Waals surface area contributed by atoms with E-state index in [1.165, 1.54) is 25.4 Å². The summed E-state index contributed by atoms with van der Waals surface area (Å²) >= 11 is 0. The Kier molecular flexibility index (Phi) is 5.00. The van der Waals surface area contributed by atoms with Crippen LogP contribution in [0.15, 0.2) is 23.0 Å². The lowest BCUT2D eigenvalue weighted by Crippen LogP contribution is -2.44. The lowest BCUT2D eigenvalue weighted by Gasteiger charge is -2.31. The van der Waals surface area contributed by atoms with Crippen LogP contribution in [0.1, 0.15) is 36.0 Å². The van der Waals surface area contributed by atoms with E-state index >= 15 is 0 Å². The fraction of sp³-hybridized carbons (Fsp3) is 0.647. The van der Waals surface area contributed by atoms with E-state index in [1.54, 1.807) is 11.0 Å². The molecule has 0 aromatic carbocycles. The summed E-state index contributed by atoms with van der Waals surface area (Å²) in [7, 11) is 2.11. The zero-order chi connectivity index (χ0) is 16.2. The van der Waals surface area contributed by atoms with Crippen LogP contribution in [0.3, 0.4) is 0 Å². The van der Waals surface area contributed by atoms with Crippen LogP contribution >= 0.6 is 0 Å². The first-order chi connectivity index (χ1) is 11.1. The number of nitrogens with one attached hydrogen (secondary N) is 1. The van der Waals surface area contributed by atoms with Crippen LogP contribution < -0.4 is 5.32 Å². The number of rotatable bonds is 6. The molecule has 1 aromatic rings. The lowest BCUT2D eigenvalue weighted by atomic mass is 9.95. The Balaban J connectivity index is 1.38. The van der Waals surface area contributed by atoms with Crippen LogP contribution in [0.5, 0.6) is 0 Å². The van der Waals surface area contributed by atoms with E-state index < -0.39 is 0 Å². The summed E-state index contributed by atoms with van der Waals surface area (Å²) in [5, 5.41) is 3.04. The van der Waals surface area contributed by atoms with E-state index in [1.807, 2.05) is 0 Å². The van der Waals surface area contributed by atoms with Gasteiger partial charge in [-0.3, -0.25) is 9.59 Å². The fourth-order valence-corrected chi connectivity index (χ4v) is 3.11. The van der Waals surface area contributed by atoms with Gasteiger partial charge >= 0.3 is 0 Å². The monoisotopic (exact) mass is 319 g/mol. The van der Waals surface area contributed by atoms with E-state index in [0.717, 1.165) is 25.4 Å². The van der Waals surface area contributed by atoms with Crippen molar-refractivity contribution < 1.29 is 14.0 Å². The lowest BCUT2D eigenvalue weighted by molar-refractivity contribution is -0.126. The minimum atomic E-state index is -0.0105. The van der Waals surface area contributed by atoms with Gasteiger partial charge in [-0.05, 0) is 38.8 Å². The van der Waals surface area contributed by atoms with Gasteiger partial charge in [0, 0.05) is 38.1 Å². The zero-order valence-corrected chi connectivity index (χ0v) is 13.7. The summed E-state index contributed by atoms with van der Waals surface area (Å²) in [4.78, 5) is 28.5. The second-order valence-electron chi connectivity index (χ2n) is 6.58. The van der Waals surface area contributed by atoms with E-state index in [0.29, 0.717) is 25.2 Å². The van der Waals surface area contributed by atoms with Crippen LogP contribution in [-0.2, 0) is 4.79 Å². The smallest absolute Gasteiger partial charge is 0.257 e. The van der Waals surface area contributed by atoms with E-state index in [2.05, 4.69) is 17.3 Å². The second kappa shape index (κ2) is 7.17. The van der Waals surface area contributed by atoms with Gasteiger partial charge in [0.2, 0.25) is 5.91 Å². The first kappa shape index (κ1) is 16.1. The summed E-state index contributed by atoms with van der Waals surface area (Å²) < 4.78 is 4.95. The van der Waals surface area contributed by atoms with Crippen LogP contribution in [0.4, 0.5) is 0 Å². The van der Waals surface area contributed by atoms with E-state index in [4.69, 9.17) is 4.42 Å². The molecule has 3 rings (SSSR count). The van der Waals surface area contributed by atoms with Crippen LogP contribution in [0.2, 0.25) is 0 Å². The minimum Gasteiger partial charge on any atom is -0.472 e. The Morgan fingerprint density at radius 1 is 1.30 bits per heavy atom. The maximum Gasteiger partial charge on any atom is 0.257 e. The SMILES string of the molecule is CN(CCNC(=O)C1CCN(C(=O)c2ccoc2)CC1)C1CC1. The van der Waals surface area contributed by atoms with Crippen LogP contribution in [0, 0.1) is 5.92 Å². The molecule has 1 N–H and O–H groups in total. The van der Waals surface area contributed by atoms with Crippen molar-refractivity contribution in [3.63, 3.8) is 0 Å². The zero-order valence-electron chi connectivity index (χ0n) is 13.7. The van der Waals surface area contributed by atoms with Crippen molar-refractivity contribution in [3.05, 3.63) is 24.2 Å². The van der Waals surface area contributed by atoms with Gasteiger partial charge in [-0.15, -0.1) is 0 Å². The Hall–Kier alpha value is -1.82. The molecule has 6 nitrogen and oxygen atoms in total. The number of likely N-dealkylation sites (N-methyl/N-ethyl adjacent to an activating group) is 1. The molecule has 2 fully saturated rings. The van der Waals surface area contributed by atoms with Crippen molar-refractivity contribution in [2.24, 2.45) is 5.92 Å². The molecule has 126 valence electrons. The average Bonchev–Trinajstić information content (AvgIpc) is 3.29. The molecule has 1 saturated heterocycles. The third-order valence-electron chi connectivity index (χ3n) is 4.86. The Bertz CT molecular complexity index is 531. The number of hydrogen-bond donors (Lipinski definition) is 1. The summed E-state index contributed by atoms with van der Waals surface area (Å²) in [6.45, 7) is 2.88.